The van der Waals surface area contributed by atoms with Gasteiger partial charge in [0.15, 0.2) is 12.4 Å². The van der Waals surface area contributed by atoms with Gasteiger partial charge < -0.3 is 24.8 Å². The summed E-state index contributed by atoms with van der Waals surface area (Å²) in [6, 6.07) is 9.76. The lowest BCUT2D eigenvalue weighted by atomic mass is 10.1. The van der Waals surface area contributed by atoms with Gasteiger partial charge in [-0.1, -0.05) is 18.3 Å². The SMILES string of the molecule is CCOC(=O)COc1ccc(C(=O)CN2Cc3cc(C(N)=S)ccc3C2=O)c(OC)c1. The molecule has 0 aromatic heterocycles. The molecule has 1 heterocycles. The summed E-state index contributed by atoms with van der Waals surface area (Å²) in [5.41, 5.74) is 7.95. The summed E-state index contributed by atoms with van der Waals surface area (Å²) in [6.45, 7) is 1.89. The number of esters is 1. The van der Waals surface area contributed by atoms with Gasteiger partial charge in [0.05, 0.1) is 25.8 Å². The van der Waals surface area contributed by atoms with E-state index in [-0.39, 0.29) is 42.2 Å². The first-order valence-corrected chi connectivity index (χ1v) is 9.96. The van der Waals surface area contributed by atoms with Crippen molar-refractivity contribution < 1.29 is 28.6 Å². The monoisotopic (exact) mass is 442 g/mol. The van der Waals surface area contributed by atoms with Crippen LogP contribution < -0.4 is 15.2 Å². The molecule has 9 heteroatoms. The van der Waals surface area contributed by atoms with Crippen molar-refractivity contribution in [3.8, 4) is 11.5 Å². The van der Waals surface area contributed by atoms with Gasteiger partial charge in [0.1, 0.15) is 16.5 Å². The Kier molecular flexibility index (Phi) is 6.86. The average molecular weight is 442 g/mol. The fourth-order valence-corrected chi connectivity index (χ4v) is 3.38. The summed E-state index contributed by atoms with van der Waals surface area (Å²) in [5.74, 6) is -0.370. The van der Waals surface area contributed by atoms with E-state index in [1.807, 2.05) is 0 Å². The van der Waals surface area contributed by atoms with Crippen molar-refractivity contribution in [1.82, 2.24) is 4.90 Å². The zero-order chi connectivity index (χ0) is 22.5. The Hall–Kier alpha value is -3.46. The van der Waals surface area contributed by atoms with Crippen LogP contribution in [0.25, 0.3) is 0 Å². The molecule has 0 saturated heterocycles. The molecular weight excluding hydrogens is 420 g/mol. The van der Waals surface area contributed by atoms with Crippen molar-refractivity contribution in [2.45, 2.75) is 13.5 Å². The molecule has 3 rings (SSSR count). The number of hydrogen-bond donors (Lipinski definition) is 1. The molecule has 0 bridgehead atoms. The van der Waals surface area contributed by atoms with Gasteiger partial charge in [-0.05, 0) is 36.8 Å². The molecule has 31 heavy (non-hydrogen) atoms. The molecule has 0 aliphatic carbocycles. The van der Waals surface area contributed by atoms with Gasteiger partial charge in [-0.25, -0.2) is 4.79 Å². The minimum absolute atomic E-state index is 0.116. The highest BCUT2D eigenvalue weighted by atomic mass is 32.1. The van der Waals surface area contributed by atoms with Gasteiger partial charge in [0.2, 0.25) is 0 Å². The lowest BCUT2D eigenvalue weighted by Crippen LogP contribution is -2.30. The standard InChI is InChI=1S/C22H22N2O6S/c1-3-29-20(26)12-30-15-5-7-17(19(9-15)28-2)18(25)11-24-10-14-8-13(21(23)31)4-6-16(14)22(24)27/h4-9H,3,10-12H2,1-2H3,(H2,23,31). The summed E-state index contributed by atoms with van der Waals surface area (Å²) < 4.78 is 15.5. The number of amides is 1. The van der Waals surface area contributed by atoms with Crippen molar-refractivity contribution in [3.05, 3.63) is 58.7 Å². The zero-order valence-corrected chi connectivity index (χ0v) is 18.0. The second kappa shape index (κ2) is 9.57. The summed E-state index contributed by atoms with van der Waals surface area (Å²) in [7, 11) is 1.43. The van der Waals surface area contributed by atoms with E-state index >= 15 is 0 Å². The number of hydrogen-bond acceptors (Lipinski definition) is 7. The van der Waals surface area contributed by atoms with Crippen LogP contribution in [0.15, 0.2) is 36.4 Å². The molecular formula is C22H22N2O6S. The lowest BCUT2D eigenvalue weighted by molar-refractivity contribution is -0.145. The normalized spacial score (nSPS) is 12.3. The number of thiocarbonyl (C=S) groups is 1. The molecule has 0 spiro atoms. The lowest BCUT2D eigenvalue weighted by Gasteiger charge is -2.16. The Balaban J connectivity index is 1.70. The van der Waals surface area contributed by atoms with Crippen LogP contribution in [0.4, 0.5) is 0 Å². The van der Waals surface area contributed by atoms with E-state index in [1.165, 1.54) is 18.1 Å². The van der Waals surface area contributed by atoms with E-state index in [0.717, 1.165) is 5.56 Å². The van der Waals surface area contributed by atoms with Crippen LogP contribution in [-0.2, 0) is 16.1 Å². The largest absolute Gasteiger partial charge is 0.496 e. The number of benzene rings is 2. The molecule has 162 valence electrons. The van der Waals surface area contributed by atoms with Crippen LogP contribution in [-0.4, -0.2) is 54.4 Å². The van der Waals surface area contributed by atoms with Gasteiger partial charge in [-0.3, -0.25) is 9.59 Å². The third-order valence-corrected chi connectivity index (χ3v) is 4.97. The van der Waals surface area contributed by atoms with Crippen LogP contribution in [0, 0.1) is 0 Å². The molecule has 2 N–H and O–H groups in total. The van der Waals surface area contributed by atoms with Crippen molar-refractivity contribution in [3.63, 3.8) is 0 Å². The second-order valence-corrected chi connectivity index (χ2v) is 7.22. The predicted molar refractivity (Wildman–Crippen MR) is 117 cm³/mol. The van der Waals surface area contributed by atoms with E-state index in [9.17, 15) is 14.4 Å². The fraction of sp³-hybridized carbons (Fsp3) is 0.273. The molecule has 2 aromatic rings. The minimum atomic E-state index is -0.493. The number of carbonyl (C=O) groups excluding carboxylic acids is 3. The first-order valence-electron chi connectivity index (χ1n) is 9.55. The maximum absolute atomic E-state index is 12.9. The van der Waals surface area contributed by atoms with E-state index < -0.39 is 5.97 Å². The number of methoxy groups -OCH3 is 1. The maximum Gasteiger partial charge on any atom is 0.344 e. The van der Waals surface area contributed by atoms with E-state index in [2.05, 4.69) is 0 Å². The Morgan fingerprint density at radius 3 is 2.65 bits per heavy atom. The highest BCUT2D eigenvalue weighted by molar-refractivity contribution is 7.80. The third kappa shape index (κ3) is 5.00. The summed E-state index contributed by atoms with van der Waals surface area (Å²) >= 11 is 4.99. The van der Waals surface area contributed by atoms with Crippen molar-refractivity contribution in [1.29, 1.82) is 0 Å². The molecule has 1 amide bonds. The minimum Gasteiger partial charge on any atom is -0.496 e. The Morgan fingerprint density at radius 2 is 1.97 bits per heavy atom. The molecule has 0 radical (unpaired) electrons. The van der Waals surface area contributed by atoms with Crippen LogP contribution in [0.5, 0.6) is 11.5 Å². The van der Waals surface area contributed by atoms with Crippen molar-refractivity contribution in [2.24, 2.45) is 5.73 Å². The highest BCUT2D eigenvalue weighted by Gasteiger charge is 2.30. The van der Waals surface area contributed by atoms with Gasteiger partial charge in [-0.15, -0.1) is 0 Å². The van der Waals surface area contributed by atoms with Gasteiger partial charge in [0.25, 0.3) is 5.91 Å². The number of ketones is 1. The smallest absolute Gasteiger partial charge is 0.344 e. The van der Waals surface area contributed by atoms with Gasteiger partial charge in [0, 0.05) is 23.7 Å². The number of nitrogens with zero attached hydrogens (tertiary/aromatic N) is 1. The van der Waals surface area contributed by atoms with Crippen LogP contribution in [0.3, 0.4) is 0 Å². The van der Waals surface area contributed by atoms with E-state index in [0.29, 0.717) is 29.0 Å². The number of carbonyl (C=O) groups is 3. The summed E-state index contributed by atoms with van der Waals surface area (Å²) in [4.78, 5) is 38.7. The van der Waals surface area contributed by atoms with Crippen molar-refractivity contribution >= 4 is 34.9 Å². The maximum atomic E-state index is 12.9. The molecule has 2 aromatic carbocycles. The second-order valence-electron chi connectivity index (χ2n) is 6.78. The Bertz CT molecular complexity index is 1050. The first-order chi connectivity index (χ1) is 14.8. The quantitative estimate of drug-likeness (QED) is 0.357. The first kappa shape index (κ1) is 22.2. The molecule has 1 aliphatic heterocycles. The molecule has 1 aliphatic rings. The molecule has 8 nitrogen and oxygen atoms in total. The Labute approximate surface area is 184 Å². The third-order valence-electron chi connectivity index (χ3n) is 4.74. The number of ether oxygens (including phenoxy) is 3. The van der Waals surface area contributed by atoms with Crippen molar-refractivity contribution in [2.75, 3.05) is 26.9 Å². The fourth-order valence-electron chi connectivity index (χ4n) is 3.26. The highest BCUT2D eigenvalue weighted by Crippen LogP contribution is 2.28. The number of Topliss-reactive ketones (excluding diaryl/α,β-unsaturated/α-hetero) is 1. The van der Waals surface area contributed by atoms with Gasteiger partial charge >= 0.3 is 5.97 Å². The molecule has 0 atom stereocenters. The summed E-state index contributed by atoms with van der Waals surface area (Å²) in [6.07, 6.45) is 0. The predicted octanol–water partition coefficient (Wildman–Crippen LogP) is 2.11. The molecule has 0 unspecified atom stereocenters. The number of rotatable bonds is 9. The number of fused-ring (bicyclic) bond motifs is 1. The number of nitrogens with two attached hydrogens (primary N) is 1. The van der Waals surface area contributed by atoms with Crippen LogP contribution in [0.2, 0.25) is 0 Å². The average Bonchev–Trinajstić information content (AvgIpc) is 3.06. The Morgan fingerprint density at radius 1 is 1.19 bits per heavy atom. The topological polar surface area (TPSA) is 108 Å². The molecule has 0 saturated carbocycles. The summed E-state index contributed by atoms with van der Waals surface area (Å²) in [5, 5.41) is 0. The van der Waals surface area contributed by atoms with Crippen LogP contribution in [0.1, 0.15) is 38.8 Å². The van der Waals surface area contributed by atoms with E-state index in [1.54, 1.807) is 37.3 Å². The van der Waals surface area contributed by atoms with E-state index in [4.69, 9.17) is 32.2 Å². The zero-order valence-electron chi connectivity index (χ0n) is 17.2. The van der Waals surface area contributed by atoms with Crippen LogP contribution >= 0.6 is 12.2 Å². The molecule has 0 fully saturated rings. The van der Waals surface area contributed by atoms with Gasteiger partial charge in [-0.2, -0.15) is 0 Å².